The summed E-state index contributed by atoms with van der Waals surface area (Å²) < 4.78 is 0. The Labute approximate surface area is 129 Å². The predicted octanol–water partition coefficient (Wildman–Crippen LogP) is 3.11. The van der Waals surface area contributed by atoms with E-state index in [1.54, 1.807) is 6.92 Å². The Bertz CT molecular complexity index is 364. The Balaban J connectivity index is 2.99. The Kier molecular flexibility index (Phi) is 6.69. The lowest BCUT2D eigenvalue weighted by Gasteiger charge is -2.48. The minimum Gasteiger partial charge on any atom is -0.343 e. The Morgan fingerprint density at radius 2 is 1.81 bits per heavy atom. The van der Waals surface area contributed by atoms with Crippen LogP contribution >= 0.6 is 0 Å². The summed E-state index contributed by atoms with van der Waals surface area (Å²) in [5.41, 5.74) is -0.650. The number of piperazine rings is 1. The summed E-state index contributed by atoms with van der Waals surface area (Å²) >= 11 is 0. The van der Waals surface area contributed by atoms with Gasteiger partial charge in [-0.05, 0) is 32.1 Å². The summed E-state index contributed by atoms with van der Waals surface area (Å²) in [5, 5.41) is 2.86. The third-order valence-electron chi connectivity index (χ3n) is 5.08. The SMILES string of the molecule is CCCCC(CC)CN1C(=O)C(C)NC(=O)C1(CC)CC. The molecule has 1 fully saturated rings. The molecule has 0 bridgehead atoms. The van der Waals surface area contributed by atoms with Crippen LogP contribution in [0.15, 0.2) is 0 Å². The smallest absolute Gasteiger partial charge is 0.246 e. The first-order chi connectivity index (χ1) is 9.96. The van der Waals surface area contributed by atoms with Crippen molar-refractivity contribution in [1.82, 2.24) is 10.2 Å². The third kappa shape index (κ3) is 3.58. The van der Waals surface area contributed by atoms with Crippen LogP contribution in [0.2, 0.25) is 0 Å². The predicted molar refractivity (Wildman–Crippen MR) is 85.9 cm³/mol. The first-order valence-electron chi connectivity index (χ1n) is 8.59. The molecule has 1 N–H and O–H groups in total. The minimum absolute atomic E-state index is 0.0185. The number of rotatable bonds is 8. The number of hydrogen-bond acceptors (Lipinski definition) is 2. The van der Waals surface area contributed by atoms with E-state index in [2.05, 4.69) is 19.2 Å². The average Bonchev–Trinajstić information content (AvgIpc) is 2.49. The molecule has 21 heavy (non-hydrogen) atoms. The zero-order valence-electron chi connectivity index (χ0n) is 14.4. The van der Waals surface area contributed by atoms with Gasteiger partial charge in [0, 0.05) is 6.54 Å². The fraction of sp³-hybridized carbons (Fsp3) is 0.882. The first kappa shape index (κ1) is 18.0. The van der Waals surface area contributed by atoms with Gasteiger partial charge in [0.2, 0.25) is 11.8 Å². The van der Waals surface area contributed by atoms with Gasteiger partial charge in [-0.25, -0.2) is 0 Å². The van der Waals surface area contributed by atoms with Gasteiger partial charge >= 0.3 is 0 Å². The summed E-state index contributed by atoms with van der Waals surface area (Å²) in [6.45, 7) is 10.9. The normalized spacial score (nSPS) is 23.1. The van der Waals surface area contributed by atoms with Gasteiger partial charge < -0.3 is 10.2 Å². The molecular weight excluding hydrogens is 264 g/mol. The van der Waals surface area contributed by atoms with Gasteiger partial charge in [0.1, 0.15) is 11.6 Å². The molecule has 0 spiro atoms. The second-order valence-corrected chi connectivity index (χ2v) is 6.30. The number of hydrogen-bond donors (Lipinski definition) is 1. The van der Waals surface area contributed by atoms with Gasteiger partial charge in [0.15, 0.2) is 0 Å². The monoisotopic (exact) mass is 296 g/mol. The van der Waals surface area contributed by atoms with Crippen molar-refractivity contribution in [3.8, 4) is 0 Å². The van der Waals surface area contributed by atoms with E-state index in [1.165, 1.54) is 12.8 Å². The summed E-state index contributed by atoms with van der Waals surface area (Å²) in [4.78, 5) is 27.1. The fourth-order valence-corrected chi connectivity index (χ4v) is 3.35. The van der Waals surface area contributed by atoms with Gasteiger partial charge in [-0.15, -0.1) is 0 Å². The van der Waals surface area contributed by atoms with Crippen molar-refractivity contribution in [2.75, 3.05) is 6.54 Å². The molecule has 0 saturated carbocycles. The van der Waals surface area contributed by atoms with Crippen molar-refractivity contribution in [3.05, 3.63) is 0 Å². The highest BCUT2D eigenvalue weighted by atomic mass is 16.2. The molecule has 2 amide bonds. The lowest BCUT2D eigenvalue weighted by Crippen LogP contribution is -2.70. The van der Waals surface area contributed by atoms with Crippen molar-refractivity contribution < 1.29 is 9.59 Å². The van der Waals surface area contributed by atoms with Crippen LogP contribution in [0.1, 0.15) is 73.1 Å². The van der Waals surface area contributed by atoms with E-state index in [-0.39, 0.29) is 11.8 Å². The molecule has 2 atom stereocenters. The molecule has 0 aromatic carbocycles. The molecule has 122 valence electrons. The lowest BCUT2D eigenvalue weighted by molar-refractivity contribution is -0.158. The van der Waals surface area contributed by atoms with Crippen LogP contribution < -0.4 is 5.32 Å². The van der Waals surface area contributed by atoms with Crippen LogP contribution in [0, 0.1) is 5.92 Å². The van der Waals surface area contributed by atoms with E-state index in [0.717, 1.165) is 19.4 Å². The molecule has 1 aliphatic heterocycles. The highest BCUT2D eigenvalue weighted by Crippen LogP contribution is 2.31. The number of amides is 2. The average molecular weight is 296 g/mol. The molecule has 0 aliphatic carbocycles. The second-order valence-electron chi connectivity index (χ2n) is 6.30. The topological polar surface area (TPSA) is 49.4 Å². The summed E-state index contributed by atoms with van der Waals surface area (Å²) in [6.07, 6.45) is 5.91. The van der Waals surface area contributed by atoms with Crippen LogP contribution in [0.3, 0.4) is 0 Å². The summed E-state index contributed by atoms with van der Waals surface area (Å²) in [7, 11) is 0. The van der Waals surface area contributed by atoms with Crippen molar-refractivity contribution >= 4 is 11.8 Å². The molecule has 1 saturated heterocycles. The Hall–Kier alpha value is -1.06. The van der Waals surface area contributed by atoms with E-state index in [0.29, 0.717) is 18.8 Å². The molecule has 0 radical (unpaired) electrons. The van der Waals surface area contributed by atoms with Crippen molar-refractivity contribution in [1.29, 1.82) is 0 Å². The zero-order valence-corrected chi connectivity index (χ0v) is 14.4. The van der Waals surface area contributed by atoms with Gasteiger partial charge in [-0.2, -0.15) is 0 Å². The highest BCUT2D eigenvalue weighted by Gasteiger charge is 2.49. The third-order valence-corrected chi connectivity index (χ3v) is 5.08. The van der Waals surface area contributed by atoms with Gasteiger partial charge in [-0.3, -0.25) is 9.59 Å². The molecule has 2 unspecified atom stereocenters. The molecule has 4 nitrogen and oxygen atoms in total. The van der Waals surface area contributed by atoms with Crippen molar-refractivity contribution in [2.45, 2.75) is 84.7 Å². The number of carbonyl (C=O) groups excluding carboxylic acids is 2. The Morgan fingerprint density at radius 1 is 1.19 bits per heavy atom. The lowest BCUT2D eigenvalue weighted by atomic mass is 9.84. The van der Waals surface area contributed by atoms with Crippen molar-refractivity contribution in [3.63, 3.8) is 0 Å². The molecule has 1 rings (SSSR count). The Morgan fingerprint density at radius 3 is 2.29 bits per heavy atom. The number of nitrogens with one attached hydrogen (secondary N) is 1. The van der Waals surface area contributed by atoms with E-state index >= 15 is 0 Å². The zero-order chi connectivity index (χ0) is 16.0. The van der Waals surface area contributed by atoms with Crippen LogP contribution in [-0.2, 0) is 9.59 Å². The minimum atomic E-state index is -0.650. The first-order valence-corrected chi connectivity index (χ1v) is 8.59. The maximum atomic E-state index is 12.6. The van der Waals surface area contributed by atoms with Crippen LogP contribution in [0.4, 0.5) is 0 Å². The van der Waals surface area contributed by atoms with Gasteiger partial charge in [0.05, 0.1) is 0 Å². The molecule has 1 heterocycles. The number of nitrogens with zero attached hydrogens (tertiary/aromatic N) is 1. The second kappa shape index (κ2) is 7.81. The highest BCUT2D eigenvalue weighted by molar-refractivity contribution is 5.99. The van der Waals surface area contributed by atoms with Crippen LogP contribution in [-0.4, -0.2) is 34.8 Å². The quantitative estimate of drug-likeness (QED) is 0.748. The maximum absolute atomic E-state index is 12.6. The molecule has 4 heteroatoms. The molecule has 0 aromatic rings. The van der Waals surface area contributed by atoms with Gasteiger partial charge in [0.25, 0.3) is 0 Å². The number of carbonyl (C=O) groups is 2. The standard InChI is InChI=1S/C17H32N2O2/c1-6-10-11-14(7-2)12-19-15(20)13(5)18-16(21)17(19,8-3)9-4/h13-14H,6-12H2,1-5H3,(H,18,21). The van der Waals surface area contributed by atoms with Crippen LogP contribution in [0.5, 0.6) is 0 Å². The number of unbranched alkanes of at least 4 members (excludes halogenated alkanes) is 1. The summed E-state index contributed by atoms with van der Waals surface area (Å²) in [5.74, 6) is 0.586. The van der Waals surface area contributed by atoms with Crippen molar-refractivity contribution in [2.24, 2.45) is 5.92 Å². The van der Waals surface area contributed by atoms with E-state index in [9.17, 15) is 9.59 Å². The van der Waals surface area contributed by atoms with E-state index < -0.39 is 11.6 Å². The molecule has 1 aliphatic rings. The van der Waals surface area contributed by atoms with E-state index in [4.69, 9.17) is 0 Å². The summed E-state index contributed by atoms with van der Waals surface area (Å²) in [6, 6.07) is -0.396. The molecular formula is C17H32N2O2. The van der Waals surface area contributed by atoms with Crippen LogP contribution in [0.25, 0.3) is 0 Å². The van der Waals surface area contributed by atoms with E-state index in [1.807, 2.05) is 18.7 Å². The fourth-order valence-electron chi connectivity index (χ4n) is 3.35. The van der Waals surface area contributed by atoms with Gasteiger partial charge in [-0.1, -0.05) is 47.0 Å². The largest absolute Gasteiger partial charge is 0.343 e. The molecule has 0 aromatic heterocycles. The maximum Gasteiger partial charge on any atom is 0.246 e.